The zero-order valence-corrected chi connectivity index (χ0v) is 12.3. The lowest BCUT2D eigenvalue weighted by atomic mass is 10.1. The summed E-state index contributed by atoms with van der Waals surface area (Å²) in [6, 6.07) is 10.4. The third kappa shape index (κ3) is 3.49. The fraction of sp³-hybridized carbons (Fsp3) is 0.333. The molecule has 1 heterocycles. The van der Waals surface area contributed by atoms with Gasteiger partial charge in [-0.15, -0.1) is 11.3 Å². The van der Waals surface area contributed by atoms with E-state index in [-0.39, 0.29) is 0 Å². The highest BCUT2D eigenvalue weighted by Gasteiger charge is 2.09. The zero-order valence-electron chi connectivity index (χ0n) is 11.5. The molecule has 4 heteroatoms. The fourth-order valence-electron chi connectivity index (χ4n) is 1.92. The summed E-state index contributed by atoms with van der Waals surface area (Å²) in [6.45, 7) is 2.91. The lowest BCUT2D eigenvalue weighted by Crippen LogP contribution is -2.17. The van der Waals surface area contributed by atoms with Crippen LogP contribution in [-0.4, -0.2) is 14.2 Å². The number of thiophene rings is 1. The summed E-state index contributed by atoms with van der Waals surface area (Å²) in [5, 5.41) is 5.60. The van der Waals surface area contributed by atoms with Crippen molar-refractivity contribution in [3.8, 4) is 11.5 Å². The molecule has 1 aromatic heterocycles. The van der Waals surface area contributed by atoms with Gasteiger partial charge in [-0.2, -0.15) is 0 Å². The molecule has 2 rings (SSSR count). The van der Waals surface area contributed by atoms with Crippen molar-refractivity contribution in [1.29, 1.82) is 0 Å². The second kappa shape index (κ2) is 6.59. The van der Waals surface area contributed by atoms with Crippen LogP contribution in [0.25, 0.3) is 0 Å². The van der Waals surface area contributed by atoms with Crippen molar-refractivity contribution >= 4 is 11.3 Å². The van der Waals surface area contributed by atoms with Crippen molar-refractivity contribution in [3.63, 3.8) is 0 Å². The molecule has 0 unspecified atom stereocenters. The molecule has 102 valence electrons. The van der Waals surface area contributed by atoms with Crippen LogP contribution >= 0.6 is 11.3 Å². The Hall–Kier alpha value is -1.52. The number of methoxy groups -OCH3 is 2. The van der Waals surface area contributed by atoms with Crippen molar-refractivity contribution in [3.05, 3.63) is 46.2 Å². The number of ether oxygens (including phenoxy) is 2. The lowest BCUT2D eigenvalue weighted by molar-refractivity contribution is 0.396. The second-order valence-electron chi connectivity index (χ2n) is 4.30. The van der Waals surface area contributed by atoms with Gasteiger partial charge in [-0.25, -0.2) is 0 Å². The van der Waals surface area contributed by atoms with Gasteiger partial charge in [0.25, 0.3) is 0 Å². The first kappa shape index (κ1) is 13.9. The predicted octanol–water partition coefficient (Wildman–Crippen LogP) is 3.62. The van der Waals surface area contributed by atoms with Crippen LogP contribution in [-0.2, 0) is 6.54 Å². The molecule has 0 amide bonds. The molecule has 0 aliphatic heterocycles. The third-order valence-electron chi connectivity index (χ3n) is 3.06. The molecule has 19 heavy (non-hydrogen) atoms. The van der Waals surface area contributed by atoms with Gasteiger partial charge in [0, 0.05) is 23.0 Å². The van der Waals surface area contributed by atoms with Crippen LogP contribution in [0.15, 0.2) is 35.7 Å². The molecule has 0 bridgehead atoms. The van der Waals surface area contributed by atoms with Crippen molar-refractivity contribution in [2.24, 2.45) is 0 Å². The van der Waals surface area contributed by atoms with E-state index < -0.39 is 0 Å². The van der Waals surface area contributed by atoms with Crippen LogP contribution in [0.2, 0.25) is 0 Å². The van der Waals surface area contributed by atoms with Gasteiger partial charge in [-0.3, -0.25) is 0 Å². The second-order valence-corrected chi connectivity index (χ2v) is 5.28. The van der Waals surface area contributed by atoms with E-state index in [1.165, 1.54) is 4.88 Å². The van der Waals surface area contributed by atoms with E-state index in [1.807, 2.05) is 18.2 Å². The highest BCUT2D eigenvalue weighted by molar-refractivity contribution is 7.10. The van der Waals surface area contributed by atoms with Gasteiger partial charge in [0.05, 0.1) is 14.2 Å². The summed E-state index contributed by atoms with van der Waals surface area (Å²) in [7, 11) is 3.36. The van der Waals surface area contributed by atoms with Crippen LogP contribution in [0.3, 0.4) is 0 Å². The number of rotatable bonds is 6. The molecule has 0 fully saturated rings. The smallest absolute Gasteiger partial charge is 0.123 e. The molecule has 1 aromatic carbocycles. The molecular weight excluding hydrogens is 258 g/mol. The van der Waals surface area contributed by atoms with E-state index in [2.05, 4.69) is 29.8 Å². The van der Waals surface area contributed by atoms with Crippen LogP contribution < -0.4 is 14.8 Å². The minimum Gasteiger partial charge on any atom is -0.497 e. The number of benzene rings is 1. The van der Waals surface area contributed by atoms with E-state index in [0.29, 0.717) is 6.04 Å². The van der Waals surface area contributed by atoms with Gasteiger partial charge in [0.2, 0.25) is 0 Å². The van der Waals surface area contributed by atoms with E-state index in [1.54, 1.807) is 25.6 Å². The van der Waals surface area contributed by atoms with E-state index >= 15 is 0 Å². The molecule has 0 spiro atoms. The van der Waals surface area contributed by atoms with Crippen LogP contribution in [0.1, 0.15) is 23.4 Å². The van der Waals surface area contributed by atoms with Crippen LogP contribution in [0.5, 0.6) is 11.5 Å². The summed E-state index contributed by atoms with van der Waals surface area (Å²) < 4.78 is 10.6. The molecule has 2 aromatic rings. The number of nitrogens with one attached hydrogen (secondary N) is 1. The fourth-order valence-corrected chi connectivity index (χ4v) is 2.68. The first-order valence-corrected chi connectivity index (χ1v) is 7.10. The van der Waals surface area contributed by atoms with Crippen molar-refractivity contribution in [1.82, 2.24) is 5.32 Å². The van der Waals surface area contributed by atoms with Gasteiger partial charge >= 0.3 is 0 Å². The van der Waals surface area contributed by atoms with Crippen LogP contribution in [0, 0.1) is 0 Å². The summed E-state index contributed by atoms with van der Waals surface area (Å²) in [5.74, 6) is 1.73. The Balaban J connectivity index is 2.05. The van der Waals surface area contributed by atoms with Gasteiger partial charge in [0.15, 0.2) is 0 Å². The van der Waals surface area contributed by atoms with Crippen molar-refractivity contribution in [2.75, 3.05) is 14.2 Å². The largest absolute Gasteiger partial charge is 0.497 e. The number of hydrogen-bond acceptors (Lipinski definition) is 4. The predicted molar refractivity (Wildman–Crippen MR) is 79.1 cm³/mol. The monoisotopic (exact) mass is 277 g/mol. The van der Waals surface area contributed by atoms with Crippen molar-refractivity contribution in [2.45, 2.75) is 19.5 Å². The SMILES string of the molecule is COc1ccc(OC)c(CN[C@@H](C)c2cccs2)c1. The summed E-state index contributed by atoms with van der Waals surface area (Å²) in [6.07, 6.45) is 0. The topological polar surface area (TPSA) is 30.5 Å². The average molecular weight is 277 g/mol. The van der Waals surface area contributed by atoms with E-state index in [4.69, 9.17) is 9.47 Å². The van der Waals surface area contributed by atoms with Gasteiger partial charge in [-0.1, -0.05) is 6.07 Å². The maximum atomic E-state index is 5.37. The molecule has 0 aliphatic carbocycles. The van der Waals surface area contributed by atoms with Crippen molar-refractivity contribution < 1.29 is 9.47 Å². The summed E-state index contributed by atoms with van der Waals surface area (Å²) >= 11 is 1.77. The molecular formula is C15H19NO2S. The molecule has 1 N–H and O–H groups in total. The number of hydrogen-bond donors (Lipinski definition) is 1. The third-order valence-corrected chi connectivity index (χ3v) is 4.11. The van der Waals surface area contributed by atoms with Crippen LogP contribution in [0.4, 0.5) is 0 Å². The van der Waals surface area contributed by atoms with Gasteiger partial charge in [0.1, 0.15) is 11.5 Å². The van der Waals surface area contributed by atoms with Gasteiger partial charge < -0.3 is 14.8 Å². The molecule has 0 radical (unpaired) electrons. The van der Waals surface area contributed by atoms with E-state index in [9.17, 15) is 0 Å². The molecule has 3 nitrogen and oxygen atoms in total. The first-order valence-electron chi connectivity index (χ1n) is 6.22. The Morgan fingerprint density at radius 3 is 2.68 bits per heavy atom. The maximum Gasteiger partial charge on any atom is 0.123 e. The molecule has 0 aliphatic rings. The maximum absolute atomic E-state index is 5.37. The average Bonchev–Trinajstić information content (AvgIpc) is 2.98. The molecule has 1 atom stereocenters. The van der Waals surface area contributed by atoms with Gasteiger partial charge in [-0.05, 0) is 36.6 Å². The Bertz CT molecular complexity index is 511. The summed E-state index contributed by atoms with van der Waals surface area (Å²) in [4.78, 5) is 1.34. The lowest BCUT2D eigenvalue weighted by Gasteiger charge is -2.15. The Kier molecular flexibility index (Phi) is 4.82. The highest BCUT2D eigenvalue weighted by atomic mass is 32.1. The molecule has 0 saturated carbocycles. The Morgan fingerprint density at radius 2 is 2.05 bits per heavy atom. The zero-order chi connectivity index (χ0) is 13.7. The summed E-state index contributed by atoms with van der Waals surface area (Å²) in [5.41, 5.74) is 1.10. The standard InChI is InChI=1S/C15H19NO2S/c1-11(15-5-4-8-19-15)16-10-12-9-13(17-2)6-7-14(12)18-3/h4-9,11,16H,10H2,1-3H3/t11-/m0/s1. The normalized spacial score (nSPS) is 12.2. The van der Waals surface area contributed by atoms with E-state index in [0.717, 1.165) is 23.6 Å². The first-order chi connectivity index (χ1) is 9.24. The Labute approximate surface area is 118 Å². The highest BCUT2D eigenvalue weighted by Crippen LogP contribution is 2.25. The Morgan fingerprint density at radius 1 is 1.21 bits per heavy atom. The minimum absolute atomic E-state index is 0.330. The molecule has 0 saturated heterocycles. The minimum atomic E-state index is 0.330. The quantitative estimate of drug-likeness (QED) is 0.875.